The Bertz CT molecular complexity index is 414. The van der Waals surface area contributed by atoms with E-state index in [2.05, 4.69) is 26.0 Å². The fourth-order valence-corrected chi connectivity index (χ4v) is 1.90. The number of rotatable bonds is 6. The lowest BCUT2D eigenvalue weighted by molar-refractivity contribution is 0.395. The minimum absolute atomic E-state index is 0.680. The maximum absolute atomic E-state index is 4.99. The molecule has 0 aliphatic carbocycles. The van der Waals surface area contributed by atoms with E-state index in [4.69, 9.17) is 4.52 Å². The van der Waals surface area contributed by atoms with Crippen LogP contribution < -0.4 is 5.32 Å². The molecule has 0 unspecified atom stereocenters. The summed E-state index contributed by atoms with van der Waals surface area (Å²) in [5.41, 5.74) is 0. The first kappa shape index (κ1) is 11.1. The van der Waals surface area contributed by atoms with E-state index in [1.165, 1.54) is 11.8 Å². The smallest absolute Gasteiger partial charge is 0.209 e. The highest BCUT2D eigenvalue weighted by Gasteiger charge is 2.07. The molecule has 2 aromatic heterocycles. The summed E-state index contributed by atoms with van der Waals surface area (Å²) in [5, 5.41) is 19.0. The van der Waals surface area contributed by atoms with E-state index in [-0.39, 0.29) is 0 Å². The van der Waals surface area contributed by atoms with Gasteiger partial charge in [-0.1, -0.05) is 16.9 Å². The third kappa shape index (κ3) is 2.80. The number of aromatic nitrogens is 5. The number of hydrogen-bond donors (Lipinski definition) is 1. The lowest BCUT2D eigenvalue weighted by Crippen LogP contribution is -2.16. The van der Waals surface area contributed by atoms with Gasteiger partial charge in [-0.25, -0.2) is 4.68 Å². The zero-order valence-electron chi connectivity index (χ0n) is 8.83. The summed E-state index contributed by atoms with van der Waals surface area (Å²) in [6.07, 6.45) is 1.62. The minimum Gasteiger partial charge on any atom is -0.361 e. The molecule has 0 saturated heterocycles. The molecule has 0 amide bonds. The fraction of sp³-hybridized carbons (Fsp3) is 0.500. The normalized spacial score (nSPS) is 10.8. The van der Waals surface area contributed by atoms with Gasteiger partial charge in [-0.3, -0.25) is 0 Å². The van der Waals surface area contributed by atoms with E-state index in [1.54, 1.807) is 10.9 Å². The Labute approximate surface area is 96.6 Å². The van der Waals surface area contributed by atoms with E-state index in [0.29, 0.717) is 5.75 Å². The van der Waals surface area contributed by atoms with Crippen molar-refractivity contribution < 1.29 is 4.52 Å². The van der Waals surface area contributed by atoms with E-state index >= 15 is 0 Å². The van der Waals surface area contributed by atoms with Crippen molar-refractivity contribution in [2.24, 2.45) is 0 Å². The van der Waals surface area contributed by atoms with Gasteiger partial charge < -0.3 is 9.84 Å². The topological polar surface area (TPSA) is 81.7 Å². The zero-order chi connectivity index (χ0) is 11.2. The van der Waals surface area contributed by atoms with Crippen molar-refractivity contribution in [2.75, 3.05) is 13.6 Å². The first-order valence-corrected chi connectivity index (χ1v) is 5.82. The molecule has 0 atom stereocenters. The van der Waals surface area contributed by atoms with Crippen LogP contribution in [0.25, 0.3) is 0 Å². The maximum atomic E-state index is 4.99. The molecule has 2 aromatic rings. The Morgan fingerprint density at radius 2 is 2.50 bits per heavy atom. The Morgan fingerprint density at radius 3 is 3.25 bits per heavy atom. The van der Waals surface area contributed by atoms with Gasteiger partial charge in [0.15, 0.2) is 0 Å². The molecular weight excluding hydrogens is 228 g/mol. The van der Waals surface area contributed by atoms with Crippen LogP contribution in [0.5, 0.6) is 0 Å². The van der Waals surface area contributed by atoms with Crippen LogP contribution in [0, 0.1) is 0 Å². The predicted octanol–water partition coefficient (Wildman–Crippen LogP) is 0.173. The molecule has 86 valence electrons. The second kappa shape index (κ2) is 5.61. The molecule has 1 N–H and O–H groups in total. The van der Waals surface area contributed by atoms with Crippen LogP contribution in [0.3, 0.4) is 0 Å². The van der Waals surface area contributed by atoms with Gasteiger partial charge >= 0.3 is 0 Å². The minimum atomic E-state index is 0.680. The van der Waals surface area contributed by atoms with Crippen molar-refractivity contribution in [3.63, 3.8) is 0 Å². The van der Waals surface area contributed by atoms with Gasteiger partial charge in [-0.05, 0) is 17.5 Å². The van der Waals surface area contributed by atoms with Crippen LogP contribution in [0.1, 0.15) is 5.76 Å². The lowest BCUT2D eigenvalue weighted by Gasteiger charge is -2.01. The van der Waals surface area contributed by atoms with Crippen molar-refractivity contribution in [1.29, 1.82) is 0 Å². The Kier molecular flexibility index (Phi) is 3.89. The number of nitrogens with one attached hydrogen (secondary N) is 1. The monoisotopic (exact) mass is 240 g/mol. The van der Waals surface area contributed by atoms with Crippen molar-refractivity contribution in [3.8, 4) is 0 Å². The van der Waals surface area contributed by atoms with Crippen LogP contribution >= 0.6 is 11.8 Å². The van der Waals surface area contributed by atoms with Crippen LogP contribution in [0.2, 0.25) is 0 Å². The number of tetrazole rings is 1. The molecular formula is C8H12N6OS. The number of hydrogen-bond acceptors (Lipinski definition) is 7. The fourth-order valence-electron chi connectivity index (χ4n) is 1.11. The third-order valence-electron chi connectivity index (χ3n) is 1.91. The van der Waals surface area contributed by atoms with E-state index in [0.717, 1.165) is 24.0 Å². The number of thioether (sulfide) groups is 1. The summed E-state index contributed by atoms with van der Waals surface area (Å²) in [7, 11) is 1.89. The lowest BCUT2D eigenvalue weighted by atomic mass is 10.5. The van der Waals surface area contributed by atoms with E-state index in [9.17, 15) is 0 Å². The van der Waals surface area contributed by atoms with E-state index in [1.807, 2.05) is 13.1 Å². The molecule has 16 heavy (non-hydrogen) atoms. The highest BCUT2D eigenvalue weighted by atomic mass is 32.2. The molecule has 0 aromatic carbocycles. The first-order chi connectivity index (χ1) is 7.90. The largest absolute Gasteiger partial charge is 0.361 e. The van der Waals surface area contributed by atoms with Crippen molar-refractivity contribution in [1.82, 2.24) is 30.7 Å². The molecule has 0 bridgehead atoms. The molecule has 7 nitrogen and oxygen atoms in total. The van der Waals surface area contributed by atoms with Gasteiger partial charge in [0.25, 0.3) is 0 Å². The summed E-state index contributed by atoms with van der Waals surface area (Å²) in [6.45, 7) is 1.59. The van der Waals surface area contributed by atoms with Gasteiger partial charge in [0.05, 0.1) is 18.5 Å². The molecule has 0 aliphatic rings. The number of nitrogens with zero attached hydrogens (tertiary/aromatic N) is 5. The van der Waals surface area contributed by atoms with Crippen molar-refractivity contribution in [2.45, 2.75) is 17.5 Å². The molecule has 0 aliphatic heterocycles. The molecule has 2 heterocycles. The summed E-state index contributed by atoms with van der Waals surface area (Å²) in [6, 6.07) is 1.83. The van der Waals surface area contributed by atoms with Gasteiger partial charge in [-0.2, -0.15) is 0 Å². The third-order valence-corrected chi connectivity index (χ3v) is 2.89. The predicted molar refractivity (Wildman–Crippen MR) is 57.8 cm³/mol. The van der Waals surface area contributed by atoms with Crippen LogP contribution in [0.4, 0.5) is 0 Å². The maximum Gasteiger partial charge on any atom is 0.209 e. The first-order valence-electron chi connectivity index (χ1n) is 4.83. The van der Waals surface area contributed by atoms with E-state index < -0.39 is 0 Å². The average Bonchev–Trinajstić information content (AvgIpc) is 2.94. The van der Waals surface area contributed by atoms with Crippen molar-refractivity contribution >= 4 is 11.8 Å². The summed E-state index contributed by atoms with van der Waals surface area (Å²) >= 11 is 1.53. The van der Waals surface area contributed by atoms with Crippen molar-refractivity contribution in [3.05, 3.63) is 18.0 Å². The summed E-state index contributed by atoms with van der Waals surface area (Å²) in [5.74, 6) is 1.49. The second-order valence-corrected chi connectivity index (χ2v) is 4.00. The van der Waals surface area contributed by atoms with Crippen LogP contribution in [0.15, 0.2) is 21.9 Å². The molecule has 0 saturated carbocycles. The van der Waals surface area contributed by atoms with Gasteiger partial charge in [0.2, 0.25) is 5.16 Å². The van der Waals surface area contributed by atoms with Crippen LogP contribution in [-0.2, 0) is 12.3 Å². The molecule has 8 heteroatoms. The Morgan fingerprint density at radius 1 is 1.56 bits per heavy atom. The van der Waals surface area contributed by atoms with Gasteiger partial charge in [0, 0.05) is 12.6 Å². The quantitative estimate of drug-likeness (QED) is 0.721. The highest BCUT2D eigenvalue weighted by Crippen LogP contribution is 2.19. The average molecular weight is 240 g/mol. The summed E-state index contributed by atoms with van der Waals surface area (Å²) < 4.78 is 6.75. The highest BCUT2D eigenvalue weighted by molar-refractivity contribution is 7.98. The SMILES string of the molecule is CNCCn1nnnc1SCc1ccno1. The van der Waals surface area contributed by atoms with Gasteiger partial charge in [-0.15, -0.1) is 5.10 Å². The Hall–Kier alpha value is -1.41. The molecule has 0 spiro atoms. The molecule has 0 fully saturated rings. The van der Waals surface area contributed by atoms with Crippen LogP contribution in [-0.4, -0.2) is 39.0 Å². The van der Waals surface area contributed by atoms with Gasteiger partial charge in [0.1, 0.15) is 5.76 Å². The second-order valence-electron chi connectivity index (χ2n) is 3.06. The number of likely N-dealkylation sites (N-methyl/N-ethyl adjacent to an activating group) is 1. The molecule has 0 radical (unpaired) electrons. The summed E-state index contributed by atoms with van der Waals surface area (Å²) in [4.78, 5) is 0. The zero-order valence-corrected chi connectivity index (χ0v) is 9.65. The molecule has 2 rings (SSSR count). The standard InChI is InChI=1S/C8H12N6OS/c1-9-4-5-14-8(11-12-13-14)16-6-7-2-3-10-15-7/h2-3,9H,4-6H2,1H3. The Balaban J connectivity index is 1.91.